The summed E-state index contributed by atoms with van der Waals surface area (Å²) in [6.07, 6.45) is 0.690. The van der Waals surface area contributed by atoms with Crippen LogP contribution < -0.4 is 15.0 Å². The van der Waals surface area contributed by atoms with Gasteiger partial charge in [-0.05, 0) is 55.3 Å². The molecule has 15 heteroatoms. The van der Waals surface area contributed by atoms with Gasteiger partial charge in [0.05, 0.1) is 35.9 Å². The van der Waals surface area contributed by atoms with Crippen LogP contribution in [0.15, 0.2) is 28.9 Å². The topological polar surface area (TPSA) is 150 Å². The number of anilines is 1. The molecule has 0 saturated carbocycles. The maximum atomic E-state index is 13.0. The Hall–Kier alpha value is -3.49. The lowest BCUT2D eigenvalue weighted by atomic mass is 10.2. The van der Waals surface area contributed by atoms with Gasteiger partial charge in [0.25, 0.3) is 5.91 Å². The molecule has 0 bridgehead atoms. The number of nitrogens with zero attached hydrogens (tertiary/aromatic N) is 5. The van der Waals surface area contributed by atoms with E-state index in [2.05, 4.69) is 31.3 Å². The zero-order chi connectivity index (χ0) is 29.1. The fourth-order valence-electron chi connectivity index (χ4n) is 3.49. The summed E-state index contributed by atoms with van der Waals surface area (Å²) in [5.74, 6) is -0.106. The van der Waals surface area contributed by atoms with Gasteiger partial charge < -0.3 is 19.5 Å². The van der Waals surface area contributed by atoms with Crippen LogP contribution in [0, 0.1) is 10.1 Å². The third-order valence-corrected chi connectivity index (χ3v) is 5.96. The van der Waals surface area contributed by atoms with E-state index in [0.29, 0.717) is 10.0 Å². The normalized spacial score (nSPS) is 12.2. The van der Waals surface area contributed by atoms with Crippen LogP contribution in [0.5, 0.6) is 5.75 Å². The molecule has 0 fully saturated rings. The quantitative estimate of drug-likeness (QED) is 0.201. The van der Waals surface area contributed by atoms with Crippen LogP contribution in [0.4, 0.5) is 16.3 Å². The van der Waals surface area contributed by atoms with Crippen LogP contribution in [-0.4, -0.2) is 63.9 Å². The Morgan fingerprint density at radius 2 is 2.00 bits per heavy atom. The second-order valence-corrected chi connectivity index (χ2v) is 10.8. The Labute approximate surface area is 237 Å². The number of nitrogens with one attached hydrogen (secondary N) is 1. The van der Waals surface area contributed by atoms with Crippen LogP contribution in [0.3, 0.4) is 0 Å². The summed E-state index contributed by atoms with van der Waals surface area (Å²) in [7, 11) is 2.84. The lowest BCUT2D eigenvalue weighted by molar-refractivity contribution is -0.385. The smallest absolute Gasteiger partial charge is 0.415 e. The number of ether oxygens (including phenoxy) is 3. The minimum absolute atomic E-state index is 0.0542. The highest BCUT2D eigenvalue weighted by molar-refractivity contribution is 9.10. The molecule has 0 unspecified atom stereocenters. The number of hydrogen-bond donors (Lipinski definition) is 1. The number of benzene rings is 1. The molecule has 0 aliphatic rings. The van der Waals surface area contributed by atoms with E-state index in [1.165, 1.54) is 41.9 Å². The Bertz CT molecular complexity index is 1410. The van der Waals surface area contributed by atoms with Gasteiger partial charge in [0.15, 0.2) is 5.65 Å². The molecule has 210 valence electrons. The molecule has 13 nitrogen and oxygen atoms in total. The third kappa shape index (κ3) is 7.34. The molecule has 2 heterocycles. The van der Waals surface area contributed by atoms with E-state index < -0.39 is 28.6 Å². The SMILES string of the molecule is COc1c(Br)cc(COC[C@@H](C)NC(=O)c2cnn3c(N(C)C(=O)OC(C)(C)C)cc(Cl)nc23)cc1[N+](=O)[O-]. The number of nitro groups is 1. The van der Waals surface area contributed by atoms with Gasteiger partial charge in [0.1, 0.15) is 22.1 Å². The van der Waals surface area contributed by atoms with Gasteiger partial charge in [-0.2, -0.15) is 9.61 Å². The zero-order valence-corrected chi connectivity index (χ0v) is 24.5. The summed E-state index contributed by atoms with van der Waals surface area (Å²) < 4.78 is 17.9. The van der Waals surface area contributed by atoms with Crippen molar-refractivity contribution >= 4 is 56.7 Å². The fraction of sp³-hybridized carbons (Fsp3) is 0.417. The first-order valence-corrected chi connectivity index (χ1v) is 12.8. The number of rotatable bonds is 9. The molecule has 3 aromatic rings. The number of halogens is 2. The maximum Gasteiger partial charge on any atom is 0.415 e. The van der Waals surface area contributed by atoms with Crippen molar-refractivity contribution in [3.63, 3.8) is 0 Å². The highest BCUT2D eigenvalue weighted by Crippen LogP contribution is 2.36. The first-order valence-electron chi connectivity index (χ1n) is 11.6. The standard InChI is InChI=1S/C24H28BrClN6O7/c1-13(11-38-12-14-7-16(25)20(37-6)17(8-14)32(35)36)28-22(33)15-10-27-31-19(9-18(26)29-21(15)31)30(5)23(34)39-24(2,3)4/h7-10,13H,11-12H2,1-6H3,(H,28,33)/t13-/m1/s1. The largest absolute Gasteiger partial charge is 0.489 e. The van der Waals surface area contributed by atoms with Crippen molar-refractivity contribution in [1.29, 1.82) is 0 Å². The summed E-state index contributed by atoms with van der Waals surface area (Å²) in [4.78, 5) is 41.8. The average Bonchev–Trinajstić information content (AvgIpc) is 3.25. The highest BCUT2D eigenvalue weighted by Gasteiger charge is 2.25. The summed E-state index contributed by atoms with van der Waals surface area (Å²) in [6, 6.07) is 4.03. The summed E-state index contributed by atoms with van der Waals surface area (Å²) in [5, 5.41) is 18.4. The summed E-state index contributed by atoms with van der Waals surface area (Å²) in [5.41, 5.74) is -0.0710. The van der Waals surface area contributed by atoms with Crippen molar-refractivity contribution in [2.75, 3.05) is 25.7 Å². The fourth-order valence-corrected chi connectivity index (χ4v) is 4.33. The lowest BCUT2D eigenvalue weighted by Crippen LogP contribution is -2.36. The molecule has 0 aliphatic carbocycles. The van der Waals surface area contributed by atoms with Crippen molar-refractivity contribution in [2.24, 2.45) is 0 Å². The second-order valence-electron chi connectivity index (χ2n) is 9.55. The Morgan fingerprint density at radius 3 is 2.62 bits per heavy atom. The van der Waals surface area contributed by atoms with Crippen molar-refractivity contribution in [3.8, 4) is 5.75 Å². The van der Waals surface area contributed by atoms with Crippen molar-refractivity contribution < 1.29 is 28.7 Å². The monoisotopic (exact) mass is 626 g/mol. The van der Waals surface area contributed by atoms with Crippen molar-refractivity contribution in [2.45, 2.75) is 45.9 Å². The van der Waals surface area contributed by atoms with E-state index in [-0.39, 0.29) is 46.8 Å². The van der Waals surface area contributed by atoms with Gasteiger partial charge in [-0.25, -0.2) is 9.78 Å². The predicted molar refractivity (Wildman–Crippen MR) is 147 cm³/mol. The molecule has 0 saturated heterocycles. The molecule has 1 atom stereocenters. The first-order chi connectivity index (χ1) is 18.2. The molecule has 0 spiro atoms. The van der Waals surface area contributed by atoms with E-state index in [9.17, 15) is 19.7 Å². The van der Waals surface area contributed by atoms with Crippen molar-refractivity contribution in [1.82, 2.24) is 19.9 Å². The third-order valence-electron chi connectivity index (χ3n) is 5.18. The number of fused-ring (bicyclic) bond motifs is 1. The molecule has 1 aromatic carbocycles. The second kappa shape index (κ2) is 12.1. The lowest BCUT2D eigenvalue weighted by Gasteiger charge is -2.24. The molecular formula is C24H28BrClN6O7. The van der Waals surface area contributed by atoms with E-state index in [1.807, 2.05) is 0 Å². The van der Waals surface area contributed by atoms with Crippen LogP contribution in [0.25, 0.3) is 5.65 Å². The number of nitro benzene ring substituents is 1. The van der Waals surface area contributed by atoms with Crippen molar-refractivity contribution in [3.05, 3.63) is 55.3 Å². The number of amides is 2. The molecule has 2 amide bonds. The molecule has 3 rings (SSSR count). The minimum Gasteiger partial charge on any atom is -0.489 e. The summed E-state index contributed by atoms with van der Waals surface area (Å²) in [6.45, 7) is 7.15. The van der Waals surface area contributed by atoms with Crippen LogP contribution in [0.1, 0.15) is 43.6 Å². The van der Waals surface area contributed by atoms with E-state index in [0.717, 1.165) is 0 Å². The first kappa shape index (κ1) is 30.1. The number of carbonyl (C=O) groups is 2. The zero-order valence-electron chi connectivity index (χ0n) is 22.2. The number of methoxy groups -OCH3 is 1. The van der Waals surface area contributed by atoms with Gasteiger partial charge in [0, 0.05) is 25.2 Å². The Morgan fingerprint density at radius 1 is 1.31 bits per heavy atom. The van der Waals surface area contributed by atoms with Crippen LogP contribution >= 0.6 is 27.5 Å². The minimum atomic E-state index is -0.715. The maximum absolute atomic E-state index is 13.0. The summed E-state index contributed by atoms with van der Waals surface area (Å²) >= 11 is 9.46. The molecule has 0 aliphatic heterocycles. The molecule has 1 N–H and O–H groups in total. The number of hydrogen-bond acceptors (Lipinski definition) is 9. The van der Waals surface area contributed by atoms with E-state index in [1.54, 1.807) is 33.8 Å². The van der Waals surface area contributed by atoms with Gasteiger partial charge in [0.2, 0.25) is 5.75 Å². The van der Waals surface area contributed by atoms with Gasteiger partial charge >= 0.3 is 11.8 Å². The van der Waals surface area contributed by atoms with Crippen LogP contribution in [0.2, 0.25) is 5.15 Å². The van der Waals surface area contributed by atoms with Gasteiger partial charge in [-0.3, -0.25) is 19.8 Å². The molecule has 0 radical (unpaired) electrons. The van der Waals surface area contributed by atoms with E-state index in [4.69, 9.17) is 25.8 Å². The molecular weight excluding hydrogens is 600 g/mol. The van der Waals surface area contributed by atoms with Crippen LogP contribution in [-0.2, 0) is 16.1 Å². The molecule has 39 heavy (non-hydrogen) atoms. The number of aromatic nitrogens is 3. The Kier molecular flexibility index (Phi) is 9.35. The molecule has 2 aromatic heterocycles. The van der Waals surface area contributed by atoms with Gasteiger partial charge in [-0.1, -0.05) is 11.6 Å². The highest BCUT2D eigenvalue weighted by atomic mass is 79.9. The number of carbonyl (C=O) groups excluding carboxylic acids is 2. The van der Waals surface area contributed by atoms with E-state index >= 15 is 0 Å². The average molecular weight is 628 g/mol. The van der Waals surface area contributed by atoms with Gasteiger partial charge in [-0.15, -0.1) is 0 Å². The Balaban J connectivity index is 1.69. The predicted octanol–water partition coefficient (Wildman–Crippen LogP) is 4.77.